The molecule has 0 bridgehead atoms. The lowest BCUT2D eigenvalue weighted by molar-refractivity contribution is 0.0441. The van der Waals surface area contributed by atoms with Crippen LogP contribution >= 0.6 is 0 Å². The second-order valence-corrected chi connectivity index (χ2v) is 1.64. The molecule has 0 saturated heterocycles. The molecule has 8 heavy (non-hydrogen) atoms. The normalized spacial score (nSPS) is 13.9. The lowest BCUT2D eigenvalue weighted by atomic mass is 10.4. The van der Waals surface area contributed by atoms with Crippen LogP contribution in [0, 0.1) is 0 Å². The second-order valence-electron chi connectivity index (χ2n) is 1.64. The lowest BCUT2D eigenvalue weighted by Gasteiger charge is -2.07. The van der Waals surface area contributed by atoms with Gasteiger partial charge in [0.05, 0.1) is 19.3 Å². The van der Waals surface area contributed by atoms with Crippen molar-refractivity contribution >= 4 is 0 Å². The number of aliphatic hydroxyl groups is 1. The number of nitrogens with two attached hydrogens (primary N) is 1. The highest BCUT2D eigenvalue weighted by molar-refractivity contribution is 4.46. The van der Waals surface area contributed by atoms with Crippen LogP contribution in [-0.4, -0.2) is 31.0 Å². The first-order valence-corrected chi connectivity index (χ1v) is 2.73. The van der Waals surface area contributed by atoms with Gasteiger partial charge in [0.25, 0.3) is 0 Å². The Bertz CT molecular complexity index is 49.7. The predicted molar refractivity (Wildman–Crippen MR) is 31.6 cm³/mol. The second kappa shape index (κ2) is 5.03. The molecular formula is C5H13NO2. The Morgan fingerprint density at radius 3 is 2.75 bits per heavy atom. The Hall–Kier alpha value is -0.120. The van der Waals surface area contributed by atoms with Gasteiger partial charge in [0.2, 0.25) is 0 Å². The maximum absolute atomic E-state index is 8.24. The Balaban J connectivity index is 2.86. The van der Waals surface area contributed by atoms with Crippen molar-refractivity contribution in [3.8, 4) is 0 Å². The Kier molecular flexibility index (Phi) is 4.95. The van der Waals surface area contributed by atoms with E-state index < -0.39 is 0 Å². The van der Waals surface area contributed by atoms with Crippen molar-refractivity contribution in [3.05, 3.63) is 0 Å². The average molecular weight is 119 g/mol. The molecule has 0 aromatic rings. The van der Waals surface area contributed by atoms with Gasteiger partial charge in [-0.3, -0.25) is 0 Å². The summed E-state index contributed by atoms with van der Waals surface area (Å²) in [7, 11) is 0. The highest BCUT2D eigenvalue weighted by atomic mass is 16.5. The number of ether oxygens (including phenoxy) is 1. The lowest BCUT2D eigenvalue weighted by Crippen LogP contribution is -2.21. The quantitative estimate of drug-likeness (QED) is 0.516. The molecule has 1 unspecified atom stereocenters. The highest BCUT2D eigenvalue weighted by Crippen LogP contribution is 1.83. The third-order valence-electron chi connectivity index (χ3n) is 0.826. The molecule has 0 aliphatic heterocycles. The summed E-state index contributed by atoms with van der Waals surface area (Å²) in [4.78, 5) is 0. The smallest absolute Gasteiger partial charge is 0.0701 e. The fraction of sp³-hybridized carbons (Fsp3) is 1.00. The van der Waals surface area contributed by atoms with Crippen molar-refractivity contribution in [2.24, 2.45) is 5.73 Å². The van der Waals surface area contributed by atoms with Crippen molar-refractivity contribution in [3.63, 3.8) is 0 Å². The molecule has 50 valence electrons. The van der Waals surface area contributed by atoms with Gasteiger partial charge in [-0.05, 0) is 6.92 Å². The monoisotopic (exact) mass is 119 g/mol. The Labute approximate surface area is 49.4 Å². The zero-order valence-corrected chi connectivity index (χ0v) is 5.13. The SMILES string of the molecule is CC(CN)OCCO. The van der Waals surface area contributed by atoms with Crippen molar-refractivity contribution in [2.75, 3.05) is 19.8 Å². The molecule has 0 amide bonds. The van der Waals surface area contributed by atoms with Gasteiger partial charge >= 0.3 is 0 Å². The third kappa shape index (κ3) is 4.05. The summed E-state index contributed by atoms with van der Waals surface area (Å²) in [6, 6.07) is 0. The van der Waals surface area contributed by atoms with Crippen molar-refractivity contribution in [2.45, 2.75) is 13.0 Å². The van der Waals surface area contributed by atoms with Crippen LogP contribution in [-0.2, 0) is 4.74 Å². The van der Waals surface area contributed by atoms with E-state index in [1.165, 1.54) is 0 Å². The van der Waals surface area contributed by atoms with Crippen LogP contribution in [0.2, 0.25) is 0 Å². The van der Waals surface area contributed by atoms with E-state index in [9.17, 15) is 0 Å². The van der Waals surface area contributed by atoms with Gasteiger partial charge in [-0.1, -0.05) is 0 Å². The number of rotatable bonds is 4. The highest BCUT2D eigenvalue weighted by Gasteiger charge is 1.94. The molecule has 0 heterocycles. The number of hydrogen-bond acceptors (Lipinski definition) is 3. The van der Waals surface area contributed by atoms with E-state index in [1.807, 2.05) is 6.92 Å². The van der Waals surface area contributed by atoms with Gasteiger partial charge in [-0.25, -0.2) is 0 Å². The maximum atomic E-state index is 8.24. The summed E-state index contributed by atoms with van der Waals surface area (Å²) < 4.78 is 4.97. The van der Waals surface area contributed by atoms with E-state index in [0.29, 0.717) is 13.2 Å². The Morgan fingerprint density at radius 2 is 2.38 bits per heavy atom. The summed E-state index contributed by atoms with van der Waals surface area (Å²) in [5.74, 6) is 0. The molecule has 3 N–H and O–H groups in total. The van der Waals surface area contributed by atoms with Crippen LogP contribution in [0.3, 0.4) is 0 Å². The fourth-order valence-corrected chi connectivity index (χ4v) is 0.322. The van der Waals surface area contributed by atoms with E-state index in [1.54, 1.807) is 0 Å². The summed E-state index contributed by atoms with van der Waals surface area (Å²) in [5.41, 5.74) is 5.21. The first-order chi connectivity index (χ1) is 3.81. The molecule has 0 rings (SSSR count). The van der Waals surface area contributed by atoms with E-state index in [0.717, 1.165) is 0 Å². The summed E-state index contributed by atoms with van der Waals surface area (Å²) in [6.07, 6.45) is 0.0714. The Morgan fingerprint density at radius 1 is 1.75 bits per heavy atom. The molecule has 0 aliphatic rings. The molecule has 3 nitrogen and oxygen atoms in total. The zero-order chi connectivity index (χ0) is 6.41. The number of hydrogen-bond donors (Lipinski definition) is 2. The molecular weight excluding hydrogens is 106 g/mol. The first-order valence-electron chi connectivity index (χ1n) is 2.73. The molecule has 1 atom stereocenters. The minimum atomic E-state index is 0.0714. The van der Waals surface area contributed by atoms with Gasteiger partial charge in [0, 0.05) is 6.54 Å². The largest absolute Gasteiger partial charge is 0.394 e. The minimum absolute atomic E-state index is 0.0714. The molecule has 0 radical (unpaired) electrons. The molecule has 0 aromatic heterocycles. The summed E-state index contributed by atoms with van der Waals surface area (Å²) in [6.45, 7) is 2.85. The number of aliphatic hydroxyl groups excluding tert-OH is 1. The predicted octanol–water partition coefficient (Wildman–Crippen LogP) is -0.658. The molecule has 3 heteroatoms. The van der Waals surface area contributed by atoms with Crippen molar-refractivity contribution < 1.29 is 9.84 Å². The van der Waals surface area contributed by atoms with E-state index in [-0.39, 0.29) is 12.7 Å². The van der Waals surface area contributed by atoms with Crippen molar-refractivity contribution in [1.29, 1.82) is 0 Å². The fourth-order valence-electron chi connectivity index (χ4n) is 0.322. The standard InChI is InChI=1S/C5H13NO2/c1-5(4-6)8-3-2-7/h5,7H,2-4,6H2,1H3. The van der Waals surface area contributed by atoms with Gasteiger partial charge < -0.3 is 15.6 Å². The third-order valence-corrected chi connectivity index (χ3v) is 0.826. The topological polar surface area (TPSA) is 55.5 Å². The molecule has 0 aliphatic carbocycles. The minimum Gasteiger partial charge on any atom is -0.394 e. The van der Waals surface area contributed by atoms with E-state index in [4.69, 9.17) is 15.6 Å². The molecule has 0 spiro atoms. The average Bonchev–Trinajstić information content (AvgIpc) is 1.83. The first kappa shape index (κ1) is 7.88. The zero-order valence-electron chi connectivity index (χ0n) is 5.13. The van der Waals surface area contributed by atoms with Crippen LogP contribution in [0.1, 0.15) is 6.92 Å². The van der Waals surface area contributed by atoms with Gasteiger partial charge in [-0.15, -0.1) is 0 Å². The van der Waals surface area contributed by atoms with Crippen LogP contribution < -0.4 is 5.73 Å². The van der Waals surface area contributed by atoms with Gasteiger partial charge in [-0.2, -0.15) is 0 Å². The molecule has 0 saturated carbocycles. The maximum Gasteiger partial charge on any atom is 0.0701 e. The van der Waals surface area contributed by atoms with E-state index in [2.05, 4.69) is 0 Å². The van der Waals surface area contributed by atoms with E-state index >= 15 is 0 Å². The van der Waals surface area contributed by atoms with Crippen LogP contribution in [0.25, 0.3) is 0 Å². The summed E-state index contributed by atoms with van der Waals surface area (Å²) in [5, 5.41) is 8.24. The van der Waals surface area contributed by atoms with Crippen LogP contribution in [0.5, 0.6) is 0 Å². The van der Waals surface area contributed by atoms with Crippen LogP contribution in [0.4, 0.5) is 0 Å². The van der Waals surface area contributed by atoms with Crippen LogP contribution in [0.15, 0.2) is 0 Å². The van der Waals surface area contributed by atoms with Gasteiger partial charge in [0.1, 0.15) is 0 Å². The van der Waals surface area contributed by atoms with Crippen molar-refractivity contribution in [1.82, 2.24) is 0 Å². The molecule has 0 aromatic carbocycles. The summed E-state index contributed by atoms with van der Waals surface area (Å²) >= 11 is 0. The molecule has 0 fully saturated rings. The van der Waals surface area contributed by atoms with Gasteiger partial charge in [0.15, 0.2) is 0 Å².